The van der Waals surface area contributed by atoms with E-state index in [1.54, 1.807) is 0 Å². The van der Waals surface area contributed by atoms with Crippen LogP contribution < -0.4 is 5.32 Å². The maximum absolute atomic E-state index is 10.6. The van der Waals surface area contributed by atoms with Crippen LogP contribution in [0.3, 0.4) is 0 Å². The second-order valence-electron chi connectivity index (χ2n) is 4.59. The zero-order valence-electron chi connectivity index (χ0n) is 9.29. The topological polar surface area (TPSA) is 29.1 Å². The van der Waals surface area contributed by atoms with Gasteiger partial charge >= 0.3 is 0 Å². The van der Waals surface area contributed by atoms with E-state index in [9.17, 15) is 4.79 Å². The molecule has 15 heavy (non-hydrogen) atoms. The first kappa shape index (κ1) is 10.2. The lowest BCUT2D eigenvalue weighted by molar-refractivity contribution is -0.119. The van der Waals surface area contributed by atoms with Crippen LogP contribution in [0.4, 0.5) is 0 Å². The molecule has 0 aromatic rings. The summed E-state index contributed by atoms with van der Waals surface area (Å²) < 4.78 is 0. The second-order valence-corrected chi connectivity index (χ2v) is 4.59. The fraction of sp³-hybridized carbons (Fsp3) is 0.462. The summed E-state index contributed by atoms with van der Waals surface area (Å²) in [6.45, 7) is 5.20. The molecule has 3 aliphatic rings. The Bertz CT molecular complexity index is 400. The van der Waals surface area contributed by atoms with Gasteiger partial charge in [0.05, 0.1) is 0 Å². The smallest absolute Gasteiger partial charge is 0.220 e. The van der Waals surface area contributed by atoms with E-state index in [1.165, 1.54) is 10.4 Å². The van der Waals surface area contributed by atoms with E-state index >= 15 is 0 Å². The fourth-order valence-electron chi connectivity index (χ4n) is 1.76. The van der Waals surface area contributed by atoms with Gasteiger partial charge in [-0.2, -0.15) is 0 Å². The molecule has 1 amide bonds. The van der Waals surface area contributed by atoms with Gasteiger partial charge in [-0.1, -0.05) is 38.1 Å². The molecule has 0 spiro atoms. The summed E-state index contributed by atoms with van der Waals surface area (Å²) in [6.07, 6.45) is 0.734. The predicted octanol–water partition coefficient (Wildman–Crippen LogP) is 2.07. The molecule has 0 aromatic carbocycles. The van der Waals surface area contributed by atoms with Crippen LogP contribution in [0.15, 0.2) is 24.3 Å². The Kier molecular flexibility index (Phi) is 2.76. The summed E-state index contributed by atoms with van der Waals surface area (Å²) in [4.78, 5) is 10.6. The first-order chi connectivity index (χ1) is 7.16. The Morgan fingerprint density at radius 2 is 1.73 bits per heavy atom. The molecule has 1 aliphatic heterocycles. The number of hydrogen-bond donors (Lipinski definition) is 1. The van der Waals surface area contributed by atoms with Crippen molar-refractivity contribution in [2.75, 3.05) is 6.54 Å². The van der Waals surface area contributed by atoms with Gasteiger partial charge < -0.3 is 5.32 Å². The molecule has 1 atom stereocenters. The van der Waals surface area contributed by atoms with Gasteiger partial charge in [0.25, 0.3) is 0 Å². The zero-order valence-corrected chi connectivity index (χ0v) is 9.29. The molecule has 0 aromatic heterocycles. The maximum Gasteiger partial charge on any atom is 0.220 e. The monoisotopic (exact) mass is 203 g/mol. The fourth-order valence-corrected chi connectivity index (χ4v) is 1.76. The standard InChI is InChI=1S/C7H13NO.C6H4/c1-5(2)6-3-7(9)8-4-6;1-2-6-4-3-5(1)6/h5-6H,3-4H2,1-2H3,(H,8,9);1-4H. The third kappa shape index (κ3) is 2.20. The van der Waals surface area contributed by atoms with E-state index < -0.39 is 0 Å². The Balaban J connectivity index is 0.000000121. The van der Waals surface area contributed by atoms with Crippen molar-refractivity contribution in [3.63, 3.8) is 0 Å². The van der Waals surface area contributed by atoms with Crippen LogP contribution in [0.25, 0.3) is 0 Å². The minimum Gasteiger partial charge on any atom is -0.356 e. The van der Waals surface area contributed by atoms with Gasteiger partial charge in [-0.05, 0) is 22.3 Å². The second kappa shape index (κ2) is 4.05. The van der Waals surface area contributed by atoms with E-state index in [1.807, 2.05) is 0 Å². The number of carbonyl (C=O) groups is 1. The number of benzene rings is 1. The molecule has 0 bridgehead atoms. The molecule has 0 saturated carbocycles. The highest BCUT2D eigenvalue weighted by atomic mass is 16.1. The molecule has 1 fully saturated rings. The van der Waals surface area contributed by atoms with E-state index in [0.29, 0.717) is 11.8 Å². The van der Waals surface area contributed by atoms with Crippen LogP contribution in [-0.4, -0.2) is 12.5 Å². The van der Waals surface area contributed by atoms with Gasteiger partial charge in [-0.25, -0.2) is 0 Å². The molecule has 1 heterocycles. The van der Waals surface area contributed by atoms with Crippen LogP contribution in [0.5, 0.6) is 0 Å². The summed E-state index contributed by atoms with van der Waals surface area (Å²) >= 11 is 0. The molecular formula is C13H17NO. The Morgan fingerprint density at radius 3 is 1.87 bits per heavy atom. The average molecular weight is 203 g/mol. The molecule has 1 saturated heterocycles. The van der Waals surface area contributed by atoms with Crippen LogP contribution in [0.2, 0.25) is 0 Å². The number of rotatable bonds is 1. The molecule has 1 unspecified atom stereocenters. The number of hydrogen-bond acceptors (Lipinski definition) is 1. The minimum absolute atomic E-state index is 0.216. The molecule has 2 nitrogen and oxygen atoms in total. The van der Waals surface area contributed by atoms with Crippen molar-refractivity contribution in [2.24, 2.45) is 11.8 Å². The van der Waals surface area contributed by atoms with Crippen LogP contribution >= 0.6 is 0 Å². The SMILES string of the molecule is CC(C)C1CNC(=O)C1.c1cc2ccc1=2. The van der Waals surface area contributed by atoms with E-state index in [-0.39, 0.29) is 5.91 Å². The lowest BCUT2D eigenvalue weighted by atomic mass is 9.95. The van der Waals surface area contributed by atoms with Crippen molar-refractivity contribution in [3.8, 4) is 0 Å². The van der Waals surface area contributed by atoms with Crippen molar-refractivity contribution in [1.82, 2.24) is 5.32 Å². The number of nitrogens with one attached hydrogen (secondary N) is 1. The van der Waals surface area contributed by atoms with Crippen molar-refractivity contribution in [3.05, 3.63) is 34.7 Å². The maximum atomic E-state index is 10.6. The molecule has 2 heteroatoms. The number of carbonyl (C=O) groups excluding carboxylic acids is 1. The van der Waals surface area contributed by atoms with Crippen LogP contribution in [0.1, 0.15) is 20.3 Å². The number of amides is 1. The predicted molar refractivity (Wildman–Crippen MR) is 60.1 cm³/mol. The van der Waals surface area contributed by atoms with Crippen molar-refractivity contribution < 1.29 is 4.79 Å². The minimum atomic E-state index is 0.216. The lowest BCUT2D eigenvalue weighted by Crippen LogP contribution is -2.15. The van der Waals surface area contributed by atoms with Gasteiger partial charge in [0.15, 0.2) is 0 Å². The van der Waals surface area contributed by atoms with Gasteiger partial charge in [0, 0.05) is 13.0 Å². The first-order valence-corrected chi connectivity index (χ1v) is 5.54. The summed E-state index contributed by atoms with van der Waals surface area (Å²) in [6, 6.07) is 8.48. The summed E-state index contributed by atoms with van der Waals surface area (Å²) in [5.74, 6) is 1.44. The zero-order chi connectivity index (χ0) is 10.8. The molecule has 80 valence electrons. The Morgan fingerprint density at radius 1 is 1.20 bits per heavy atom. The third-order valence-corrected chi connectivity index (χ3v) is 3.17. The van der Waals surface area contributed by atoms with Crippen LogP contribution in [0, 0.1) is 22.3 Å². The highest BCUT2D eigenvalue weighted by Gasteiger charge is 2.23. The molecule has 1 N–H and O–H groups in total. The van der Waals surface area contributed by atoms with Gasteiger partial charge in [0.1, 0.15) is 0 Å². The Hall–Kier alpha value is -1.31. The van der Waals surface area contributed by atoms with Crippen LogP contribution in [-0.2, 0) is 4.79 Å². The first-order valence-electron chi connectivity index (χ1n) is 5.54. The molecular weight excluding hydrogens is 186 g/mol. The summed E-state index contributed by atoms with van der Waals surface area (Å²) in [5, 5.41) is 5.66. The highest BCUT2D eigenvalue weighted by molar-refractivity contribution is 5.78. The summed E-state index contributed by atoms with van der Waals surface area (Å²) in [5.41, 5.74) is 0. The molecule has 2 aliphatic carbocycles. The van der Waals surface area contributed by atoms with Crippen molar-refractivity contribution >= 4 is 5.91 Å². The largest absolute Gasteiger partial charge is 0.356 e. The van der Waals surface area contributed by atoms with Gasteiger partial charge in [-0.15, -0.1) is 0 Å². The van der Waals surface area contributed by atoms with Crippen molar-refractivity contribution in [1.29, 1.82) is 0 Å². The molecule has 0 radical (unpaired) electrons. The van der Waals surface area contributed by atoms with Gasteiger partial charge in [0.2, 0.25) is 5.91 Å². The van der Waals surface area contributed by atoms with E-state index in [4.69, 9.17) is 0 Å². The normalized spacial score (nSPS) is 20.7. The Labute approximate surface area is 90.0 Å². The molecule has 3 rings (SSSR count). The van der Waals surface area contributed by atoms with Gasteiger partial charge in [-0.3, -0.25) is 4.79 Å². The van der Waals surface area contributed by atoms with E-state index in [0.717, 1.165) is 13.0 Å². The van der Waals surface area contributed by atoms with Crippen molar-refractivity contribution in [2.45, 2.75) is 20.3 Å². The lowest BCUT2D eigenvalue weighted by Gasteiger charge is -2.09. The van der Waals surface area contributed by atoms with E-state index in [2.05, 4.69) is 43.4 Å². The average Bonchev–Trinajstić information content (AvgIpc) is 2.59. The summed E-state index contributed by atoms with van der Waals surface area (Å²) in [7, 11) is 0. The quantitative estimate of drug-likeness (QED) is 0.755. The highest BCUT2D eigenvalue weighted by Crippen LogP contribution is 2.17. The third-order valence-electron chi connectivity index (χ3n) is 3.17.